The highest BCUT2D eigenvalue weighted by molar-refractivity contribution is 6.38. The molecule has 0 atom stereocenters. The SMILES string of the molecule is CC(C)(C)OC(=O)N1CCC(CCN2CCN(c3cccc(-c4cnc5[nH]cc(CC(F)F)c5c4Cl)c3)C(=O)C2)CC1. The zero-order valence-electron chi connectivity index (χ0n) is 24.3. The van der Waals surface area contributed by atoms with Crippen LogP contribution in [0.25, 0.3) is 22.2 Å². The number of carbonyl (C=O) groups is 2. The van der Waals surface area contributed by atoms with Gasteiger partial charge in [-0.2, -0.15) is 0 Å². The van der Waals surface area contributed by atoms with Crippen molar-refractivity contribution in [2.75, 3.05) is 44.2 Å². The Morgan fingerprint density at radius 1 is 1.19 bits per heavy atom. The molecule has 0 spiro atoms. The van der Waals surface area contributed by atoms with Crippen molar-refractivity contribution in [3.05, 3.63) is 47.2 Å². The molecule has 0 unspecified atom stereocenters. The second-order valence-electron chi connectivity index (χ2n) is 12.2. The maximum atomic E-state index is 13.2. The Morgan fingerprint density at radius 2 is 1.95 bits per heavy atom. The van der Waals surface area contributed by atoms with Gasteiger partial charge in [-0.25, -0.2) is 18.6 Å². The highest BCUT2D eigenvalue weighted by Crippen LogP contribution is 2.37. The fourth-order valence-corrected chi connectivity index (χ4v) is 6.14. The Kier molecular flexibility index (Phi) is 9.03. The maximum absolute atomic E-state index is 13.2. The normalized spacial score (nSPS) is 17.5. The summed E-state index contributed by atoms with van der Waals surface area (Å²) < 4.78 is 31.7. The molecular weight excluding hydrogens is 564 g/mol. The number of hydrogen-bond donors (Lipinski definition) is 1. The van der Waals surface area contributed by atoms with Crippen molar-refractivity contribution < 1.29 is 23.1 Å². The summed E-state index contributed by atoms with van der Waals surface area (Å²) in [6.07, 6.45) is 2.89. The van der Waals surface area contributed by atoms with Crippen LogP contribution in [0.2, 0.25) is 5.02 Å². The van der Waals surface area contributed by atoms with Gasteiger partial charge in [-0.1, -0.05) is 23.7 Å². The predicted octanol–water partition coefficient (Wildman–Crippen LogP) is 6.38. The highest BCUT2D eigenvalue weighted by atomic mass is 35.5. The maximum Gasteiger partial charge on any atom is 0.410 e. The fraction of sp³-hybridized carbons (Fsp3) is 0.516. The van der Waals surface area contributed by atoms with Crippen LogP contribution < -0.4 is 4.90 Å². The minimum Gasteiger partial charge on any atom is -0.444 e. The van der Waals surface area contributed by atoms with Crippen LogP contribution in [0.4, 0.5) is 19.3 Å². The first-order valence-electron chi connectivity index (χ1n) is 14.5. The van der Waals surface area contributed by atoms with Gasteiger partial charge in [0.15, 0.2) is 0 Å². The Labute approximate surface area is 250 Å². The number of H-pyrrole nitrogens is 1. The van der Waals surface area contributed by atoms with Gasteiger partial charge >= 0.3 is 6.09 Å². The number of piperidine rings is 1. The smallest absolute Gasteiger partial charge is 0.410 e. The van der Waals surface area contributed by atoms with E-state index in [1.807, 2.05) is 45.0 Å². The number of fused-ring (bicyclic) bond motifs is 1. The Bertz CT molecular complexity index is 1430. The summed E-state index contributed by atoms with van der Waals surface area (Å²) in [6.45, 7) is 9.56. The van der Waals surface area contributed by atoms with Gasteiger partial charge in [0, 0.05) is 61.6 Å². The summed E-state index contributed by atoms with van der Waals surface area (Å²) in [6, 6.07) is 7.55. The molecule has 0 saturated carbocycles. The number of ether oxygens (including phenoxy) is 1. The van der Waals surface area contributed by atoms with Gasteiger partial charge in [-0.3, -0.25) is 9.69 Å². The summed E-state index contributed by atoms with van der Waals surface area (Å²) in [7, 11) is 0. The van der Waals surface area contributed by atoms with E-state index < -0.39 is 18.4 Å². The summed E-state index contributed by atoms with van der Waals surface area (Å²) >= 11 is 6.72. The molecule has 226 valence electrons. The fourth-order valence-electron chi connectivity index (χ4n) is 5.77. The molecule has 11 heteroatoms. The topological polar surface area (TPSA) is 81.8 Å². The molecule has 3 aromatic rings. The number of halogens is 3. The second-order valence-corrected chi connectivity index (χ2v) is 12.6. The number of carbonyl (C=O) groups excluding carboxylic acids is 2. The molecule has 2 aliphatic rings. The molecule has 5 rings (SSSR count). The monoisotopic (exact) mass is 601 g/mol. The summed E-state index contributed by atoms with van der Waals surface area (Å²) in [5, 5.41) is 0.863. The summed E-state index contributed by atoms with van der Waals surface area (Å²) in [4.78, 5) is 38.6. The zero-order valence-corrected chi connectivity index (χ0v) is 25.1. The van der Waals surface area contributed by atoms with Gasteiger partial charge in [0.2, 0.25) is 12.3 Å². The van der Waals surface area contributed by atoms with Crippen LogP contribution in [0.1, 0.15) is 45.6 Å². The molecular formula is C31H38ClF2N5O3. The van der Waals surface area contributed by atoms with Gasteiger partial charge < -0.3 is 19.5 Å². The van der Waals surface area contributed by atoms with Crippen LogP contribution in [0, 0.1) is 5.92 Å². The third-order valence-electron chi connectivity index (χ3n) is 7.98. The van der Waals surface area contributed by atoms with Crippen molar-refractivity contribution in [2.24, 2.45) is 5.92 Å². The second kappa shape index (κ2) is 12.6. The molecule has 1 aromatic carbocycles. The molecule has 2 saturated heterocycles. The van der Waals surface area contributed by atoms with Crippen molar-refractivity contribution in [1.82, 2.24) is 19.8 Å². The van der Waals surface area contributed by atoms with E-state index in [0.717, 1.165) is 43.6 Å². The van der Waals surface area contributed by atoms with E-state index in [2.05, 4.69) is 14.9 Å². The van der Waals surface area contributed by atoms with E-state index >= 15 is 0 Å². The van der Waals surface area contributed by atoms with Crippen molar-refractivity contribution >= 4 is 40.3 Å². The van der Waals surface area contributed by atoms with Crippen molar-refractivity contribution in [1.29, 1.82) is 0 Å². The molecule has 2 fully saturated rings. The van der Waals surface area contributed by atoms with Crippen LogP contribution >= 0.6 is 11.6 Å². The summed E-state index contributed by atoms with van der Waals surface area (Å²) in [5.74, 6) is 0.549. The van der Waals surface area contributed by atoms with E-state index in [1.54, 1.807) is 16.0 Å². The number of amides is 2. The molecule has 2 amide bonds. The largest absolute Gasteiger partial charge is 0.444 e. The van der Waals surface area contributed by atoms with E-state index in [-0.39, 0.29) is 12.0 Å². The number of piperazine rings is 1. The number of aromatic amines is 1. The van der Waals surface area contributed by atoms with Crippen molar-refractivity contribution in [3.63, 3.8) is 0 Å². The minimum atomic E-state index is -2.49. The van der Waals surface area contributed by atoms with Crippen LogP contribution in [0.5, 0.6) is 0 Å². The number of benzene rings is 1. The van der Waals surface area contributed by atoms with Crippen molar-refractivity contribution in [2.45, 2.75) is 58.5 Å². The van der Waals surface area contributed by atoms with Gasteiger partial charge in [-0.05, 0) is 75.8 Å². The third-order valence-corrected chi connectivity index (χ3v) is 8.37. The first-order chi connectivity index (χ1) is 20.0. The van der Waals surface area contributed by atoms with Gasteiger partial charge in [0.1, 0.15) is 11.2 Å². The molecule has 0 radical (unpaired) electrons. The van der Waals surface area contributed by atoms with Crippen LogP contribution in [0.15, 0.2) is 36.7 Å². The number of pyridine rings is 1. The molecule has 4 heterocycles. The van der Waals surface area contributed by atoms with E-state index in [9.17, 15) is 18.4 Å². The van der Waals surface area contributed by atoms with Crippen LogP contribution in [0.3, 0.4) is 0 Å². The minimum absolute atomic E-state index is 0.0303. The molecule has 0 bridgehead atoms. The first kappa shape index (κ1) is 30.2. The van der Waals surface area contributed by atoms with Crippen molar-refractivity contribution in [3.8, 4) is 11.1 Å². The number of anilines is 1. The molecule has 1 N–H and O–H groups in total. The lowest BCUT2D eigenvalue weighted by Gasteiger charge is -2.36. The van der Waals surface area contributed by atoms with Gasteiger partial charge in [0.25, 0.3) is 0 Å². The Hall–Kier alpha value is -3.24. The number of rotatable bonds is 7. The molecule has 2 aromatic heterocycles. The number of hydrogen-bond acceptors (Lipinski definition) is 5. The molecule has 8 nitrogen and oxygen atoms in total. The lowest BCUT2D eigenvalue weighted by atomic mass is 9.93. The van der Waals surface area contributed by atoms with Gasteiger partial charge in [0.05, 0.1) is 11.6 Å². The lowest BCUT2D eigenvalue weighted by molar-refractivity contribution is -0.121. The number of aromatic nitrogens is 2. The zero-order chi connectivity index (χ0) is 30.0. The first-order valence-corrected chi connectivity index (χ1v) is 14.9. The predicted molar refractivity (Wildman–Crippen MR) is 160 cm³/mol. The average Bonchev–Trinajstić information content (AvgIpc) is 3.34. The standard InChI is InChI=1S/C31H38ClF2N5O3/c1-31(2,3)42-30(41)38-11-8-20(9-12-38)7-10-37-13-14-39(26(40)19-37)23-6-4-5-21(15-23)24-18-36-29-27(28(24)32)22(17-35-29)16-25(33)34/h4-6,15,17-18,20,25H,7-14,16,19H2,1-3H3,(H,35,36). The van der Waals surface area contributed by atoms with E-state index in [1.165, 1.54) is 6.20 Å². The number of likely N-dealkylation sites (tertiary alicyclic amines) is 1. The Morgan fingerprint density at radius 3 is 2.64 bits per heavy atom. The number of nitrogens with one attached hydrogen (secondary N) is 1. The number of nitrogens with zero attached hydrogens (tertiary/aromatic N) is 4. The van der Waals surface area contributed by atoms with Gasteiger partial charge in [-0.15, -0.1) is 0 Å². The Balaban J connectivity index is 1.17. The van der Waals surface area contributed by atoms with Crippen LogP contribution in [-0.4, -0.2) is 83.1 Å². The average molecular weight is 602 g/mol. The van der Waals surface area contributed by atoms with E-state index in [4.69, 9.17) is 16.3 Å². The quantitative estimate of drug-likeness (QED) is 0.340. The summed E-state index contributed by atoms with van der Waals surface area (Å²) in [5.41, 5.74) is 2.57. The highest BCUT2D eigenvalue weighted by Gasteiger charge is 2.29. The van der Waals surface area contributed by atoms with E-state index in [0.29, 0.717) is 59.3 Å². The third kappa shape index (κ3) is 7.03. The number of alkyl halides is 2. The lowest BCUT2D eigenvalue weighted by Crippen LogP contribution is -2.51. The molecule has 2 aliphatic heterocycles. The molecule has 42 heavy (non-hydrogen) atoms. The molecule has 0 aliphatic carbocycles. The van der Waals surface area contributed by atoms with Crippen LogP contribution in [-0.2, 0) is 16.0 Å².